The fraction of sp³-hybridized carbons (Fsp3) is 0.520. The lowest BCUT2D eigenvalue weighted by molar-refractivity contribution is 0.433. The van der Waals surface area contributed by atoms with Gasteiger partial charge in [0.2, 0.25) is 0 Å². The maximum Gasteiger partial charge on any atom is 0.0575 e. The summed E-state index contributed by atoms with van der Waals surface area (Å²) < 4.78 is 0. The fourth-order valence-corrected chi connectivity index (χ4v) is 5.35. The highest BCUT2D eigenvalue weighted by Gasteiger charge is 2.51. The molecule has 0 N–H and O–H groups in total. The van der Waals surface area contributed by atoms with Gasteiger partial charge >= 0.3 is 0 Å². The van der Waals surface area contributed by atoms with E-state index in [9.17, 15) is 0 Å². The van der Waals surface area contributed by atoms with Crippen LogP contribution in [0.1, 0.15) is 65.0 Å². The standard InChI is InChI=1S/C25H35NS/c1-7-10-14-27-21-12-11-20-15-22(18(4)5)24(23(20)16-21)19(6)26-17-25(26,9-3)13-8-2/h7,10-12,16,18H,6,8-9,13-15,17H2,1-5H3/b10-7+. The molecule has 2 heteroatoms. The van der Waals surface area contributed by atoms with E-state index < -0.39 is 0 Å². The van der Waals surface area contributed by atoms with Crippen LogP contribution in [-0.2, 0) is 6.42 Å². The summed E-state index contributed by atoms with van der Waals surface area (Å²) in [7, 11) is 0. The molecule has 2 aliphatic rings. The number of hydrogen-bond donors (Lipinski definition) is 0. The van der Waals surface area contributed by atoms with Gasteiger partial charge in [0, 0.05) is 28.5 Å². The van der Waals surface area contributed by atoms with Crippen LogP contribution in [0.5, 0.6) is 0 Å². The predicted molar refractivity (Wildman–Crippen MR) is 121 cm³/mol. The molecular formula is C25H35NS. The van der Waals surface area contributed by atoms with E-state index in [4.69, 9.17) is 0 Å². The zero-order valence-corrected chi connectivity index (χ0v) is 18.6. The summed E-state index contributed by atoms with van der Waals surface area (Å²) in [6.45, 7) is 17.2. The van der Waals surface area contributed by atoms with E-state index in [2.05, 4.69) is 76.4 Å². The summed E-state index contributed by atoms with van der Waals surface area (Å²) in [6.07, 6.45) is 9.18. The third kappa shape index (κ3) is 3.92. The van der Waals surface area contributed by atoms with Gasteiger partial charge in [0.25, 0.3) is 0 Å². The SMILES string of the molecule is C=C(C1=C(C(C)C)Cc2ccc(SC/C=C/C)cc21)N1CC1(CC)CCC. The summed E-state index contributed by atoms with van der Waals surface area (Å²) in [5.74, 6) is 1.60. The Balaban J connectivity index is 1.92. The van der Waals surface area contributed by atoms with Crippen LogP contribution < -0.4 is 0 Å². The Labute approximate surface area is 170 Å². The largest absolute Gasteiger partial charge is 0.362 e. The lowest BCUT2D eigenvalue weighted by Crippen LogP contribution is -2.17. The van der Waals surface area contributed by atoms with Gasteiger partial charge in [-0.15, -0.1) is 11.8 Å². The first kappa shape index (κ1) is 20.3. The maximum atomic E-state index is 4.61. The maximum absolute atomic E-state index is 4.61. The van der Waals surface area contributed by atoms with E-state index in [1.54, 1.807) is 5.57 Å². The number of hydrogen-bond acceptors (Lipinski definition) is 2. The number of benzene rings is 1. The van der Waals surface area contributed by atoms with Gasteiger partial charge < -0.3 is 4.90 Å². The Hall–Kier alpha value is -1.41. The van der Waals surface area contributed by atoms with Crippen molar-refractivity contribution >= 4 is 17.3 Å². The molecular weight excluding hydrogens is 346 g/mol. The molecule has 0 amide bonds. The topological polar surface area (TPSA) is 3.01 Å². The van der Waals surface area contributed by atoms with E-state index in [1.165, 1.54) is 53.1 Å². The first-order valence-electron chi connectivity index (χ1n) is 10.5. The molecule has 1 saturated heterocycles. The summed E-state index contributed by atoms with van der Waals surface area (Å²) in [5, 5.41) is 0. The van der Waals surface area contributed by atoms with Gasteiger partial charge in [-0.05, 0) is 55.4 Å². The van der Waals surface area contributed by atoms with Crippen molar-refractivity contribution in [1.82, 2.24) is 4.90 Å². The van der Waals surface area contributed by atoms with Gasteiger partial charge in [-0.2, -0.15) is 0 Å². The number of nitrogens with zero attached hydrogens (tertiary/aromatic N) is 1. The highest BCUT2D eigenvalue weighted by Crippen LogP contribution is 2.50. The van der Waals surface area contributed by atoms with Gasteiger partial charge in [0.05, 0.1) is 5.54 Å². The molecule has 3 rings (SSSR count). The molecule has 27 heavy (non-hydrogen) atoms. The Bertz CT molecular complexity index is 771. The molecule has 1 fully saturated rings. The molecule has 1 heterocycles. The molecule has 0 spiro atoms. The number of allylic oxidation sites excluding steroid dienone is 3. The molecule has 1 aromatic carbocycles. The van der Waals surface area contributed by atoms with Crippen LogP contribution in [0.2, 0.25) is 0 Å². The lowest BCUT2D eigenvalue weighted by atomic mass is 9.95. The zero-order valence-electron chi connectivity index (χ0n) is 17.8. The van der Waals surface area contributed by atoms with Crippen molar-refractivity contribution in [3.8, 4) is 0 Å². The normalized spacial score (nSPS) is 21.5. The van der Waals surface area contributed by atoms with Crippen molar-refractivity contribution in [1.29, 1.82) is 0 Å². The van der Waals surface area contributed by atoms with E-state index in [0.717, 1.165) is 12.2 Å². The Kier molecular flexibility index (Phi) is 6.25. The molecule has 0 bridgehead atoms. The molecule has 1 unspecified atom stereocenters. The average molecular weight is 382 g/mol. The second-order valence-corrected chi connectivity index (χ2v) is 9.38. The first-order chi connectivity index (χ1) is 13.0. The number of rotatable bonds is 9. The molecule has 1 atom stereocenters. The van der Waals surface area contributed by atoms with Crippen LogP contribution in [-0.4, -0.2) is 22.7 Å². The Morgan fingerprint density at radius 2 is 2.11 bits per heavy atom. The first-order valence-corrected chi connectivity index (χ1v) is 11.5. The van der Waals surface area contributed by atoms with Crippen LogP contribution in [0.3, 0.4) is 0 Å². The molecule has 1 aliphatic heterocycles. The predicted octanol–water partition coefficient (Wildman–Crippen LogP) is 7.10. The number of fused-ring (bicyclic) bond motifs is 1. The van der Waals surface area contributed by atoms with Gasteiger partial charge in [0.1, 0.15) is 0 Å². The quantitative estimate of drug-likeness (QED) is 0.255. The second kappa shape index (κ2) is 8.31. The van der Waals surface area contributed by atoms with E-state index in [0.29, 0.717) is 11.5 Å². The summed E-state index contributed by atoms with van der Waals surface area (Å²) in [4.78, 5) is 3.95. The van der Waals surface area contributed by atoms with Crippen LogP contribution in [0.4, 0.5) is 0 Å². The third-order valence-corrected chi connectivity index (χ3v) is 7.19. The van der Waals surface area contributed by atoms with E-state index in [1.807, 2.05) is 11.8 Å². The molecule has 0 radical (unpaired) electrons. The molecule has 0 aromatic heterocycles. The highest BCUT2D eigenvalue weighted by molar-refractivity contribution is 7.99. The highest BCUT2D eigenvalue weighted by atomic mass is 32.2. The van der Waals surface area contributed by atoms with Crippen molar-refractivity contribution in [2.45, 2.75) is 70.7 Å². The summed E-state index contributed by atoms with van der Waals surface area (Å²) in [6, 6.07) is 7.05. The summed E-state index contributed by atoms with van der Waals surface area (Å²) >= 11 is 1.92. The van der Waals surface area contributed by atoms with Crippen molar-refractivity contribution < 1.29 is 0 Å². The second-order valence-electron chi connectivity index (χ2n) is 8.29. The van der Waals surface area contributed by atoms with Crippen molar-refractivity contribution in [2.24, 2.45) is 5.92 Å². The van der Waals surface area contributed by atoms with Gasteiger partial charge in [-0.25, -0.2) is 0 Å². The van der Waals surface area contributed by atoms with Gasteiger partial charge in [-0.3, -0.25) is 0 Å². The minimum atomic E-state index is 0.363. The van der Waals surface area contributed by atoms with Crippen LogP contribution >= 0.6 is 11.8 Å². The Morgan fingerprint density at radius 1 is 1.33 bits per heavy atom. The van der Waals surface area contributed by atoms with E-state index >= 15 is 0 Å². The van der Waals surface area contributed by atoms with Crippen LogP contribution in [0, 0.1) is 5.92 Å². The average Bonchev–Trinajstić information content (AvgIpc) is 3.24. The molecule has 0 saturated carbocycles. The fourth-order valence-electron chi connectivity index (χ4n) is 4.51. The smallest absolute Gasteiger partial charge is 0.0575 e. The van der Waals surface area contributed by atoms with Crippen LogP contribution in [0.15, 0.2) is 53.1 Å². The van der Waals surface area contributed by atoms with Crippen LogP contribution in [0.25, 0.3) is 5.57 Å². The minimum Gasteiger partial charge on any atom is -0.362 e. The molecule has 1 nitrogen and oxygen atoms in total. The molecule has 146 valence electrons. The monoisotopic (exact) mass is 381 g/mol. The Morgan fingerprint density at radius 3 is 2.74 bits per heavy atom. The van der Waals surface area contributed by atoms with Crippen molar-refractivity contribution in [2.75, 3.05) is 12.3 Å². The third-order valence-electron chi connectivity index (χ3n) is 6.24. The van der Waals surface area contributed by atoms with Crippen molar-refractivity contribution in [3.63, 3.8) is 0 Å². The molecule has 1 aromatic rings. The zero-order chi connectivity index (χ0) is 19.6. The van der Waals surface area contributed by atoms with Crippen molar-refractivity contribution in [3.05, 3.63) is 59.3 Å². The van der Waals surface area contributed by atoms with E-state index in [-0.39, 0.29) is 0 Å². The summed E-state index contributed by atoms with van der Waals surface area (Å²) in [5.41, 5.74) is 7.55. The van der Waals surface area contributed by atoms with Gasteiger partial charge in [0.15, 0.2) is 0 Å². The van der Waals surface area contributed by atoms with Gasteiger partial charge in [-0.1, -0.05) is 64.5 Å². The lowest BCUT2D eigenvalue weighted by Gasteiger charge is -2.21. The minimum absolute atomic E-state index is 0.363. The number of thioether (sulfide) groups is 1. The molecule has 1 aliphatic carbocycles.